The average Bonchev–Trinajstić information content (AvgIpc) is 2.90. The Bertz CT molecular complexity index is 695. The lowest BCUT2D eigenvalue weighted by Crippen LogP contribution is -2.46. The Labute approximate surface area is 128 Å². The summed E-state index contributed by atoms with van der Waals surface area (Å²) in [5.41, 5.74) is 6.61. The molecule has 1 aromatic carbocycles. The maximum absolute atomic E-state index is 12.6. The Morgan fingerprint density at radius 2 is 2.14 bits per heavy atom. The number of hydrogen-bond acceptors (Lipinski definition) is 4. The van der Waals surface area contributed by atoms with Gasteiger partial charge in [0.1, 0.15) is 5.69 Å². The summed E-state index contributed by atoms with van der Waals surface area (Å²) in [4.78, 5) is 25.6. The standard InChI is InChI=1S/C16H19N3O3/c17-15(20)9-11-5-3-4-8-19(11)16(21)10-13-12-6-1-2-7-14(12)22-18-13/h1-2,6-7,11H,3-5,8-10H2,(H2,17,20). The van der Waals surface area contributed by atoms with E-state index in [1.54, 1.807) is 4.90 Å². The van der Waals surface area contributed by atoms with Crippen LogP contribution in [-0.2, 0) is 16.0 Å². The fourth-order valence-corrected chi connectivity index (χ4v) is 3.08. The van der Waals surface area contributed by atoms with Crippen LogP contribution in [0.25, 0.3) is 11.0 Å². The topological polar surface area (TPSA) is 89.4 Å². The maximum Gasteiger partial charge on any atom is 0.229 e. The number of nitrogens with zero attached hydrogens (tertiary/aromatic N) is 2. The highest BCUT2D eigenvalue weighted by Gasteiger charge is 2.28. The van der Waals surface area contributed by atoms with Crippen molar-refractivity contribution in [1.29, 1.82) is 0 Å². The normalized spacial score (nSPS) is 18.5. The molecule has 0 bridgehead atoms. The average molecular weight is 301 g/mol. The van der Waals surface area contributed by atoms with Gasteiger partial charge in [-0.2, -0.15) is 0 Å². The highest BCUT2D eigenvalue weighted by atomic mass is 16.5. The number of rotatable bonds is 4. The molecule has 1 unspecified atom stereocenters. The zero-order valence-electron chi connectivity index (χ0n) is 12.3. The molecule has 0 aliphatic carbocycles. The Morgan fingerprint density at radius 1 is 1.32 bits per heavy atom. The van der Waals surface area contributed by atoms with Crippen molar-refractivity contribution in [1.82, 2.24) is 10.1 Å². The third-order valence-electron chi connectivity index (χ3n) is 4.16. The van der Waals surface area contributed by atoms with Gasteiger partial charge in [-0.1, -0.05) is 17.3 Å². The molecule has 2 N–H and O–H groups in total. The number of nitrogens with two attached hydrogens (primary N) is 1. The minimum absolute atomic E-state index is 0.0231. The van der Waals surface area contributed by atoms with E-state index in [2.05, 4.69) is 5.16 Å². The van der Waals surface area contributed by atoms with Crippen LogP contribution in [-0.4, -0.2) is 34.5 Å². The van der Waals surface area contributed by atoms with Gasteiger partial charge in [0, 0.05) is 24.4 Å². The molecule has 1 aliphatic heterocycles. The minimum atomic E-state index is -0.364. The lowest BCUT2D eigenvalue weighted by Gasteiger charge is -2.35. The maximum atomic E-state index is 12.6. The number of benzene rings is 1. The van der Waals surface area contributed by atoms with Crippen molar-refractivity contribution in [3.05, 3.63) is 30.0 Å². The van der Waals surface area contributed by atoms with Gasteiger partial charge in [-0.25, -0.2) is 0 Å². The number of likely N-dealkylation sites (tertiary alicyclic amines) is 1. The summed E-state index contributed by atoms with van der Waals surface area (Å²) in [7, 11) is 0. The zero-order valence-corrected chi connectivity index (χ0v) is 12.3. The van der Waals surface area contributed by atoms with Gasteiger partial charge < -0.3 is 15.2 Å². The van der Waals surface area contributed by atoms with Crippen molar-refractivity contribution >= 4 is 22.8 Å². The highest BCUT2D eigenvalue weighted by Crippen LogP contribution is 2.23. The summed E-state index contributed by atoms with van der Waals surface area (Å²) in [5, 5.41) is 4.86. The van der Waals surface area contributed by atoms with Crippen molar-refractivity contribution < 1.29 is 14.1 Å². The summed E-state index contributed by atoms with van der Waals surface area (Å²) < 4.78 is 5.23. The van der Waals surface area contributed by atoms with Crippen LogP contribution in [0, 0.1) is 0 Å². The first-order chi connectivity index (χ1) is 10.6. The number of amides is 2. The summed E-state index contributed by atoms with van der Waals surface area (Å²) in [6, 6.07) is 7.40. The first kappa shape index (κ1) is 14.6. The molecule has 0 spiro atoms. The van der Waals surface area contributed by atoms with Gasteiger partial charge in [0.15, 0.2) is 5.58 Å². The number of carbonyl (C=O) groups excluding carboxylic acids is 2. The molecule has 2 heterocycles. The van der Waals surface area contributed by atoms with E-state index in [-0.39, 0.29) is 30.7 Å². The lowest BCUT2D eigenvalue weighted by atomic mass is 9.98. The third kappa shape index (κ3) is 2.95. The van der Waals surface area contributed by atoms with Gasteiger partial charge in [0.2, 0.25) is 11.8 Å². The van der Waals surface area contributed by atoms with Crippen LogP contribution in [0.15, 0.2) is 28.8 Å². The molecule has 0 radical (unpaired) electrons. The Morgan fingerprint density at radius 3 is 2.95 bits per heavy atom. The lowest BCUT2D eigenvalue weighted by molar-refractivity contribution is -0.135. The van der Waals surface area contributed by atoms with Crippen LogP contribution in [0.3, 0.4) is 0 Å². The Balaban J connectivity index is 1.76. The first-order valence-electron chi connectivity index (χ1n) is 7.56. The summed E-state index contributed by atoms with van der Waals surface area (Å²) in [6.45, 7) is 0.673. The van der Waals surface area contributed by atoms with Gasteiger partial charge in [-0.3, -0.25) is 9.59 Å². The Kier molecular flexibility index (Phi) is 4.09. The zero-order chi connectivity index (χ0) is 15.5. The van der Waals surface area contributed by atoms with Crippen LogP contribution in [0.4, 0.5) is 0 Å². The smallest absolute Gasteiger partial charge is 0.229 e. The Hall–Kier alpha value is -2.37. The second kappa shape index (κ2) is 6.17. The number of aromatic nitrogens is 1. The molecule has 3 rings (SSSR count). The fourth-order valence-electron chi connectivity index (χ4n) is 3.08. The van der Waals surface area contributed by atoms with Crippen molar-refractivity contribution in [2.24, 2.45) is 5.73 Å². The van der Waals surface area contributed by atoms with E-state index in [9.17, 15) is 9.59 Å². The molecule has 0 saturated carbocycles. The second-order valence-corrected chi connectivity index (χ2v) is 5.71. The van der Waals surface area contributed by atoms with E-state index < -0.39 is 0 Å². The van der Waals surface area contributed by atoms with Crippen molar-refractivity contribution in [3.8, 4) is 0 Å². The molecule has 2 amide bonds. The van der Waals surface area contributed by atoms with Crippen LogP contribution in [0.2, 0.25) is 0 Å². The number of carbonyl (C=O) groups is 2. The molecule has 1 aliphatic rings. The van der Waals surface area contributed by atoms with Crippen LogP contribution in [0.5, 0.6) is 0 Å². The van der Waals surface area contributed by atoms with Gasteiger partial charge in [-0.15, -0.1) is 0 Å². The van der Waals surface area contributed by atoms with Crippen LogP contribution >= 0.6 is 0 Å². The largest absolute Gasteiger partial charge is 0.370 e. The molecular weight excluding hydrogens is 282 g/mol. The predicted molar refractivity (Wildman–Crippen MR) is 80.9 cm³/mol. The van der Waals surface area contributed by atoms with E-state index in [0.29, 0.717) is 17.8 Å². The molecule has 6 heteroatoms. The monoisotopic (exact) mass is 301 g/mol. The van der Waals surface area contributed by atoms with E-state index >= 15 is 0 Å². The second-order valence-electron chi connectivity index (χ2n) is 5.71. The molecular formula is C16H19N3O3. The van der Waals surface area contributed by atoms with Crippen LogP contribution in [0.1, 0.15) is 31.4 Å². The van der Waals surface area contributed by atoms with Crippen molar-refractivity contribution in [3.63, 3.8) is 0 Å². The van der Waals surface area contributed by atoms with Gasteiger partial charge in [0.25, 0.3) is 0 Å². The fraction of sp³-hybridized carbons (Fsp3) is 0.438. The molecule has 1 atom stereocenters. The molecule has 1 fully saturated rings. The molecule has 1 aromatic heterocycles. The number of para-hydroxylation sites is 1. The van der Waals surface area contributed by atoms with E-state index in [1.807, 2.05) is 24.3 Å². The predicted octanol–water partition coefficient (Wildman–Crippen LogP) is 1.63. The number of primary amides is 1. The van der Waals surface area contributed by atoms with Crippen LogP contribution < -0.4 is 5.73 Å². The number of piperidine rings is 1. The molecule has 116 valence electrons. The first-order valence-corrected chi connectivity index (χ1v) is 7.56. The van der Waals surface area contributed by atoms with Gasteiger partial charge >= 0.3 is 0 Å². The van der Waals surface area contributed by atoms with E-state index in [0.717, 1.165) is 24.6 Å². The number of fused-ring (bicyclic) bond motifs is 1. The molecule has 22 heavy (non-hydrogen) atoms. The molecule has 2 aromatic rings. The summed E-state index contributed by atoms with van der Waals surface area (Å²) >= 11 is 0. The third-order valence-corrected chi connectivity index (χ3v) is 4.16. The van der Waals surface area contributed by atoms with Gasteiger partial charge in [0.05, 0.1) is 6.42 Å². The van der Waals surface area contributed by atoms with Crippen molar-refractivity contribution in [2.45, 2.75) is 38.1 Å². The minimum Gasteiger partial charge on any atom is -0.370 e. The van der Waals surface area contributed by atoms with Gasteiger partial charge in [-0.05, 0) is 31.4 Å². The molecule has 6 nitrogen and oxygen atoms in total. The van der Waals surface area contributed by atoms with E-state index in [4.69, 9.17) is 10.3 Å². The quantitative estimate of drug-likeness (QED) is 0.929. The summed E-state index contributed by atoms with van der Waals surface area (Å²) in [6.07, 6.45) is 3.22. The number of hydrogen-bond donors (Lipinski definition) is 1. The highest BCUT2D eigenvalue weighted by molar-refractivity contribution is 5.86. The SMILES string of the molecule is NC(=O)CC1CCCCN1C(=O)Cc1noc2ccccc12. The molecule has 1 saturated heterocycles. The summed E-state index contributed by atoms with van der Waals surface area (Å²) in [5.74, 6) is -0.387. The van der Waals surface area contributed by atoms with E-state index in [1.165, 1.54) is 0 Å². The van der Waals surface area contributed by atoms with Crippen molar-refractivity contribution in [2.75, 3.05) is 6.54 Å².